The molecule has 0 atom stereocenters. The summed E-state index contributed by atoms with van der Waals surface area (Å²) in [6.45, 7) is 3.78. The maximum atomic E-state index is 12.3. The summed E-state index contributed by atoms with van der Waals surface area (Å²) in [6, 6.07) is 8.60. The Bertz CT molecular complexity index is 1060. The van der Waals surface area contributed by atoms with Crippen LogP contribution in [0.3, 0.4) is 0 Å². The molecular weight excluding hydrogens is 392 g/mol. The van der Waals surface area contributed by atoms with Crippen LogP contribution in [0, 0.1) is 0 Å². The molecule has 0 saturated carbocycles. The second kappa shape index (κ2) is 8.97. The van der Waals surface area contributed by atoms with Gasteiger partial charge < -0.3 is 5.32 Å². The summed E-state index contributed by atoms with van der Waals surface area (Å²) in [7, 11) is 0. The number of carbonyl (C=O) groups excluding carboxylic acids is 1. The molecule has 1 aliphatic heterocycles. The molecule has 0 saturated heterocycles. The van der Waals surface area contributed by atoms with Crippen molar-refractivity contribution < 1.29 is 4.79 Å². The second-order valence-electron chi connectivity index (χ2n) is 8.41. The van der Waals surface area contributed by atoms with Crippen molar-refractivity contribution in [2.45, 2.75) is 64.7 Å². The number of nitrogens with one attached hydrogen (secondary N) is 2. The van der Waals surface area contributed by atoms with Gasteiger partial charge in [0.15, 0.2) is 5.82 Å². The van der Waals surface area contributed by atoms with Gasteiger partial charge in [-0.3, -0.25) is 14.8 Å². The zero-order chi connectivity index (χ0) is 21.0. The highest BCUT2D eigenvalue weighted by atomic mass is 16.1. The highest BCUT2D eigenvalue weighted by Crippen LogP contribution is 2.22. The first kappa shape index (κ1) is 19.9. The number of fused-ring (bicyclic) bond motifs is 2. The van der Waals surface area contributed by atoms with Crippen molar-refractivity contribution in [3.63, 3.8) is 0 Å². The molecule has 162 valence electrons. The SMILES string of the molecule is O=C(CCCn1nnnc1CN1CCc2ccccc2C1)NCc1n[nH]c2c1CCC2. The minimum Gasteiger partial charge on any atom is -0.350 e. The van der Waals surface area contributed by atoms with Gasteiger partial charge in [-0.05, 0) is 59.2 Å². The van der Waals surface area contributed by atoms with E-state index in [1.807, 2.05) is 4.68 Å². The van der Waals surface area contributed by atoms with E-state index in [0.717, 1.165) is 50.4 Å². The predicted octanol–water partition coefficient (Wildman–Crippen LogP) is 1.54. The standard InChI is InChI=1S/C22H28N8O/c31-22(23-13-20-18-7-3-8-19(18)24-25-20)9-4-11-30-21(26-27-28-30)15-29-12-10-16-5-1-2-6-17(16)14-29/h1-2,5-6H,3-4,7-15H2,(H,23,31)(H,24,25). The highest BCUT2D eigenvalue weighted by molar-refractivity contribution is 5.75. The lowest BCUT2D eigenvalue weighted by atomic mass is 10.00. The number of hydrogen-bond donors (Lipinski definition) is 2. The van der Waals surface area contributed by atoms with Crippen molar-refractivity contribution in [2.24, 2.45) is 0 Å². The van der Waals surface area contributed by atoms with Gasteiger partial charge in [-0.25, -0.2) is 4.68 Å². The molecule has 1 aromatic carbocycles. The van der Waals surface area contributed by atoms with Crippen LogP contribution in [0.1, 0.15) is 53.2 Å². The van der Waals surface area contributed by atoms with Crippen LogP contribution in [-0.4, -0.2) is 47.8 Å². The van der Waals surface area contributed by atoms with Crippen molar-refractivity contribution in [3.8, 4) is 0 Å². The summed E-state index contributed by atoms with van der Waals surface area (Å²) in [5.74, 6) is 0.892. The molecule has 9 nitrogen and oxygen atoms in total. The zero-order valence-electron chi connectivity index (χ0n) is 17.7. The molecule has 0 fully saturated rings. The lowest BCUT2D eigenvalue weighted by molar-refractivity contribution is -0.121. The van der Waals surface area contributed by atoms with Crippen LogP contribution in [0.5, 0.6) is 0 Å². The molecule has 3 aromatic rings. The van der Waals surface area contributed by atoms with Crippen molar-refractivity contribution >= 4 is 5.91 Å². The van der Waals surface area contributed by atoms with Crippen LogP contribution in [0.2, 0.25) is 0 Å². The third-order valence-corrected chi connectivity index (χ3v) is 6.30. The van der Waals surface area contributed by atoms with Crippen LogP contribution in [-0.2, 0) is 50.2 Å². The number of benzene rings is 1. The minimum atomic E-state index is 0.0389. The molecule has 0 unspecified atom stereocenters. The van der Waals surface area contributed by atoms with Crippen molar-refractivity contribution in [1.82, 2.24) is 40.6 Å². The Morgan fingerprint density at radius 3 is 3.00 bits per heavy atom. The number of nitrogens with zero attached hydrogens (tertiary/aromatic N) is 6. The molecule has 2 aromatic heterocycles. The van der Waals surface area contributed by atoms with E-state index in [1.165, 1.54) is 28.8 Å². The number of hydrogen-bond acceptors (Lipinski definition) is 6. The number of amides is 1. The van der Waals surface area contributed by atoms with Gasteiger partial charge in [0.1, 0.15) is 0 Å². The quantitative estimate of drug-likeness (QED) is 0.573. The lowest BCUT2D eigenvalue weighted by Crippen LogP contribution is -2.31. The number of rotatable bonds is 8. The number of tetrazole rings is 1. The fraction of sp³-hybridized carbons (Fsp3) is 0.500. The van der Waals surface area contributed by atoms with E-state index in [1.54, 1.807) is 0 Å². The fourth-order valence-electron chi connectivity index (χ4n) is 4.59. The molecule has 0 radical (unpaired) electrons. The normalized spacial score (nSPS) is 15.6. The van der Waals surface area contributed by atoms with E-state index in [9.17, 15) is 4.79 Å². The molecule has 0 spiro atoms. The molecule has 2 N–H and O–H groups in total. The van der Waals surface area contributed by atoms with Gasteiger partial charge in [-0.2, -0.15) is 5.10 Å². The summed E-state index contributed by atoms with van der Waals surface area (Å²) in [6.07, 6.45) is 5.49. The smallest absolute Gasteiger partial charge is 0.220 e. The first-order valence-corrected chi connectivity index (χ1v) is 11.1. The summed E-state index contributed by atoms with van der Waals surface area (Å²) in [5, 5.41) is 22.6. The van der Waals surface area contributed by atoms with Crippen LogP contribution >= 0.6 is 0 Å². The Kier molecular flexibility index (Phi) is 5.75. The molecule has 5 rings (SSSR count). The van der Waals surface area contributed by atoms with Gasteiger partial charge >= 0.3 is 0 Å². The Hall–Kier alpha value is -3.07. The van der Waals surface area contributed by atoms with Crippen molar-refractivity contribution in [3.05, 3.63) is 58.2 Å². The van der Waals surface area contributed by atoms with Crippen molar-refractivity contribution in [2.75, 3.05) is 6.54 Å². The van der Waals surface area contributed by atoms with Gasteiger partial charge in [0.25, 0.3) is 0 Å². The molecule has 9 heteroatoms. The van der Waals surface area contributed by atoms with Crippen molar-refractivity contribution in [1.29, 1.82) is 0 Å². The molecule has 2 aliphatic rings. The summed E-state index contributed by atoms with van der Waals surface area (Å²) in [5.41, 5.74) is 6.31. The van der Waals surface area contributed by atoms with E-state index in [2.05, 4.69) is 60.2 Å². The van der Waals surface area contributed by atoms with Gasteiger partial charge in [-0.15, -0.1) is 5.10 Å². The third kappa shape index (κ3) is 4.51. The number of H-pyrrole nitrogens is 1. The number of aryl methyl sites for hydroxylation is 2. The van der Waals surface area contributed by atoms with E-state index in [4.69, 9.17) is 0 Å². The third-order valence-electron chi connectivity index (χ3n) is 6.30. The Morgan fingerprint density at radius 2 is 2.06 bits per heavy atom. The average Bonchev–Trinajstić information content (AvgIpc) is 3.51. The Balaban J connectivity index is 1.08. The van der Waals surface area contributed by atoms with Crippen LogP contribution in [0.15, 0.2) is 24.3 Å². The van der Waals surface area contributed by atoms with E-state index in [0.29, 0.717) is 25.9 Å². The monoisotopic (exact) mass is 420 g/mol. The molecular formula is C22H28N8O. The van der Waals surface area contributed by atoms with Crippen LogP contribution in [0.4, 0.5) is 0 Å². The van der Waals surface area contributed by atoms with Gasteiger partial charge in [-0.1, -0.05) is 24.3 Å². The Morgan fingerprint density at radius 1 is 1.16 bits per heavy atom. The molecule has 0 bridgehead atoms. The zero-order valence-corrected chi connectivity index (χ0v) is 17.7. The fourth-order valence-corrected chi connectivity index (χ4v) is 4.59. The van der Waals surface area contributed by atoms with Gasteiger partial charge in [0.2, 0.25) is 5.91 Å². The van der Waals surface area contributed by atoms with E-state index < -0.39 is 0 Å². The molecule has 31 heavy (non-hydrogen) atoms. The summed E-state index contributed by atoms with van der Waals surface area (Å²) in [4.78, 5) is 14.6. The number of carbonyl (C=O) groups is 1. The maximum Gasteiger partial charge on any atom is 0.220 e. The molecule has 1 amide bonds. The average molecular weight is 421 g/mol. The van der Waals surface area contributed by atoms with E-state index >= 15 is 0 Å². The highest BCUT2D eigenvalue weighted by Gasteiger charge is 2.20. The predicted molar refractivity (Wildman–Crippen MR) is 114 cm³/mol. The van der Waals surface area contributed by atoms with Gasteiger partial charge in [0, 0.05) is 31.7 Å². The maximum absolute atomic E-state index is 12.3. The molecule has 1 aliphatic carbocycles. The van der Waals surface area contributed by atoms with Gasteiger partial charge in [0.05, 0.1) is 18.8 Å². The first-order chi connectivity index (χ1) is 15.3. The summed E-state index contributed by atoms with van der Waals surface area (Å²) < 4.78 is 1.83. The number of aromatic amines is 1. The first-order valence-electron chi connectivity index (χ1n) is 11.1. The van der Waals surface area contributed by atoms with E-state index in [-0.39, 0.29) is 5.91 Å². The lowest BCUT2D eigenvalue weighted by Gasteiger charge is -2.28. The topological polar surface area (TPSA) is 105 Å². The number of aromatic nitrogens is 6. The Labute approximate surface area is 181 Å². The van der Waals surface area contributed by atoms with Crippen LogP contribution in [0.25, 0.3) is 0 Å². The second-order valence-corrected chi connectivity index (χ2v) is 8.41. The largest absolute Gasteiger partial charge is 0.350 e. The van der Waals surface area contributed by atoms with Crippen LogP contribution < -0.4 is 5.32 Å². The molecule has 3 heterocycles. The minimum absolute atomic E-state index is 0.0389. The summed E-state index contributed by atoms with van der Waals surface area (Å²) >= 11 is 0.